The van der Waals surface area contributed by atoms with Crippen molar-refractivity contribution in [2.24, 2.45) is 0 Å². The van der Waals surface area contributed by atoms with E-state index in [9.17, 15) is 4.79 Å². The number of carbonyl (C=O) groups is 1. The van der Waals surface area contributed by atoms with Gasteiger partial charge in [0.2, 0.25) is 0 Å². The van der Waals surface area contributed by atoms with Gasteiger partial charge < -0.3 is 14.6 Å². The number of nitrogens with zero attached hydrogens (tertiary/aromatic N) is 3. The van der Waals surface area contributed by atoms with Gasteiger partial charge in [-0.3, -0.25) is 4.79 Å². The molecule has 0 aliphatic heterocycles. The molecule has 0 unspecified atom stereocenters. The molecule has 1 amide bonds. The Morgan fingerprint density at radius 3 is 2.88 bits per heavy atom. The van der Waals surface area contributed by atoms with E-state index in [0.29, 0.717) is 21.5 Å². The normalized spacial score (nSPS) is 10.6. The summed E-state index contributed by atoms with van der Waals surface area (Å²) >= 11 is 11.9. The van der Waals surface area contributed by atoms with Crippen LogP contribution in [0, 0.1) is 0 Å². The number of benzene rings is 2. The number of rotatable bonds is 6. The lowest BCUT2D eigenvalue weighted by Crippen LogP contribution is -2.20. The average Bonchev–Trinajstić information content (AvgIpc) is 3.11. The zero-order valence-electron chi connectivity index (χ0n) is 13.9. The molecule has 0 saturated heterocycles. The van der Waals surface area contributed by atoms with Crippen molar-refractivity contribution in [2.45, 2.75) is 13.5 Å². The fourth-order valence-corrected chi connectivity index (χ4v) is 2.71. The molecule has 134 valence electrons. The Labute approximate surface area is 160 Å². The minimum atomic E-state index is -0.310. The number of ether oxygens (including phenoxy) is 1. The number of nitrogens with one attached hydrogen (secondary N) is 1. The van der Waals surface area contributed by atoms with Gasteiger partial charge in [-0.1, -0.05) is 35.3 Å². The van der Waals surface area contributed by atoms with Crippen molar-refractivity contribution in [2.75, 3.05) is 11.9 Å². The number of aromatic nitrogens is 3. The van der Waals surface area contributed by atoms with Gasteiger partial charge in [-0.05, 0) is 31.2 Å². The van der Waals surface area contributed by atoms with Gasteiger partial charge in [0.05, 0.1) is 5.02 Å². The number of hydrogen-bond acceptors (Lipinski definition) is 4. The Hall–Kier alpha value is -2.57. The van der Waals surface area contributed by atoms with Crippen LogP contribution in [0.2, 0.25) is 10.0 Å². The SMILES string of the molecule is CCn1cnnc1-c1cccc(NC(=O)COc2cc(Cl)ccc2Cl)c1. The van der Waals surface area contributed by atoms with Crippen LogP contribution in [-0.2, 0) is 11.3 Å². The molecule has 0 radical (unpaired) electrons. The summed E-state index contributed by atoms with van der Waals surface area (Å²) in [5.41, 5.74) is 1.50. The highest BCUT2D eigenvalue weighted by Gasteiger charge is 2.10. The Balaban J connectivity index is 1.66. The first-order chi connectivity index (χ1) is 12.6. The summed E-state index contributed by atoms with van der Waals surface area (Å²) in [6, 6.07) is 12.2. The first-order valence-electron chi connectivity index (χ1n) is 7.92. The lowest BCUT2D eigenvalue weighted by Gasteiger charge is -2.10. The Morgan fingerprint density at radius 2 is 2.08 bits per heavy atom. The third kappa shape index (κ3) is 4.33. The van der Waals surface area contributed by atoms with E-state index in [0.717, 1.165) is 17.9 Å². The Kier molecular flexibility index (Phi) is 5.75. The fraction of sp³-hybridized carbons (Fsp3) is 0.167. The summed E-state index contributed by atoms with van der Waals surface area (Å²) in [6.07, 6.45) is 1.67. The second kappa shape index (κ2) is 8.21. The molecule has 0 saturated carbocycles. The predicted octanol–water partition coefficient (Wildman–Crippen LogP) is 4.29. The topological polar surface area (TPSA) is 69.0 Å². The van der Waals surface area contributed by atoms with Crippen LogP contribution in [0.4, 0.5) is 5.69 Å². The van der Waals surface area contributed by atoms with Crippen LogP contribution in [0.15, 0.2) is 48.8 Å². The molecule has 3 rings (SSSR count). The minimum Gasteiger partial charge on any atom is -0.482 e. The summed E-state index contributed by atoms with van der Waals surface area (Å²) < 4.78 is 7.36. The van der Waals surface area contributed by atoms with Crippen LogP contribution in [0.5, 0.6) is 5.75 Å². The van der Waals surface area contributed by atoms with E-state index < -0.39 is 0 Å². The van der Waals surface area contributed by atoms with Gasteiger partial charge in [0.1, 0.15) is 12.1 Å². The molecule has 3 aromatic rings. The first kappa shape index (κ1) is 18.2. The van der Waals surface area contributed by atoms with Crippen LogP contribution in [0.1, 0.15) is 6.92 Å². The van der Waals surface area contributed by atoms with Gasteiger partial charge in [-0.25, -0.2) is 0 Å². The number of aryl methyl sites for hydroxylation is 1. The number of amides is 1. The van der Waals surface area contributed by atoms with Crippen molar-refractivity contribution >= 4 is 34.8 Å². The van der Waals surface area contributed by atoms with E-state index in [4.69, 9.17) is 27.9 Å². The van der Waals surface area contributed by atoms with Crippen molar-refractivity contribution in [1.82, 2.24) is 14.8 Å². The van der Waals surface area contributed by atoms with Crippen LogP contribution >= 0.6 is 23.2 Å². The first-order valence-corrected chi connectivity index (χ1v) is 8.68. The highest BCUT2D eigenvalue weighted by molar-refractivity contribution is 6.34. The highest BCUT2D eigenvalue weighted by atomic mass is 35.5. The maximum absolute atomic E-state index is 12.2. The smallest absolute Gasteiger partial charge is 0.262 e. The molecule has 0 aliphatic carbocycles. The van der Waals surface area contributed by atoms with Crippen molar-refractivity contribution in [3.05, 3.63) is 58.8 Å². The van der Waals surface area contributed by atoms with Gasteiger partial charge in [-0.2, -0.15) is 0 Å². The second-order valence-electron chi connectivity index (χ2n) is 5.43. The maximum atomic E-state index is 12.2. The zero-order valence-corrected chi connectivity index (χ0v) is 15.5. The zero-order chi connectivity index (χ0) is 18.5. The summed E-state index contributed by atoms with van der Waals surface area (Å²) in [5, 5.41) is 11.7. The molecule has 26 heavy (non-hydrogen) atoms. The molecular weight excluding hydrogens is 375 g/mol. The van der Waals surface area contributed by atoms with E-state index in [2.05, 4.69) is 15.5 Å². The molecule has 1 heterocycles. The molecule has 1 N–H and O–H groups in total. The van der Waals surface area contributed by atoms with Gasteiger partial charge >= 0.3 is 0 Å². The van der Waals surface area contributed by atoms with Crippen molar-refractivity contribution in [1.29, 1.82) is 0 Å². The summed E-state index contributed by atoms with van der Waals surface area (Å²) in [4.78, 5) is 12.2. The second-order valence-corrected chi connectivity index (χ2v) is 6.28. The monoisotopic (exact) mass is 390 g/mol. The molecule has 1 aromatic heterocycles. The van der Waals surface area contributed by atoms with Crippen molar-refractivity contribution in [3.63, 3.8) is 0 Å². The summed E-state index contributed by atoms with van der Waals surface area (Å²) in [6.45, 7) is 2.58. The number of carbonyl (C=O) groups excluding carboxylic acids is 1. The van der Waals surface area contributed by atoms with Gasteiger partial charge in [-0.15, -0.1) is 10.2 Å². The van der Waals surface area contributed by atoms with Crippen LogP contribution in [0.3, 0.4) is 0 Å². The lowest BCUT2D eigenvalue weighted by atomic mass is 10.2. The molecular formula is C18H16Cl2N4O2. The van der Waals surface area contributed by atoms with E-state index >= 15 is 0 Å². The molecule has 0 bridgehead atoms. The average molecular weight is 391 g/mol. The molecule has 0 aliphatic rings. The third-order valence-electron chi connectivity index (χ3n) is 3.61. The largest absolute Gasteiger partial charge is 0.482 e. The predicted molar refractivity (Wildman–Crippen MR) is 102 cm³/mol. The van der Waals surface area contributed by atoms with Crippen LogP contribution in [-0.4, -0.2) is 27.3 Å². The van der Waals surface area contributed by atoms with E-state index in [1.807, 2.05) is 29.7 Å². The van der Waals surface area contributed by atoms with Gasteiger partial charge in [0.25, 0.3) is 5.91 Å². The number of anilines is 1. The van der Waals surface area contributed by atoms with Gasteiger partial charge in [0, 0.05) is 28.9 Å². The third-order valence-corrected chi connectivity index (χ3v) is 4.16. The van der Waals surface area contributed by atoms with E-state index in [1.165, 1.54) is 0 Å². The van der Waals surface area contributed by atoms with Crippen molar-refractivity contribution < 1.29 is 9.53 Å². The lowest BCUT2D eigenvalue weighted by molar-refractivity contribution is -0.118. The summed E-state index contributed by atoms with van der Waals surface area (Å²) in [5.74, 6) is 0.792. The quantitative estimate of drug-likeness (QED) is 0.681. The molecule has 6 nitrogen and oxygen atoms in total. The number of halogens is 2. The van der Waals surface area contributed by atoms with Crippen molar-refractivity contribution in [3.8, 4) is 17.1 Å². The molecule has 0 atom stereocenters. The van der Waals surface area contributed by atoms with E-state index in [1.54, 1.807) is 30.6 Å². The Bertz CT molecular complexity index is 927. The molecule has 0 fully saturated rings. The Morgan fingerprint density at radius 1 is 1.23 bits per heavy atom. The molecule has 0 spiro atoms. The molecule has 2 aromatic carbocycles. The van der Waals surface area contributed by atoms with Crippen LogP contribution in [0.25, 0.3) is 11.4 Å². The molecule has 8 heteroatoms. The summed E-state index contributed by atoms with van der Waals surface area (Å²) in [7, 11) is 0. The van der Waals surface area contributed by atoms with Crippen LogP contribution < -0.4 is 10.1 Å². The standard InChI is InChI=1S/C18H16Cl2N4O2/c1-2-24-11-21-23-18(24)12-4-3-5-14(8-12)22-17(25)10-26-16-9-13(19)6-7-15(16)20/h3-9,11H,2,10H2,1H3,(H,22,25). The number of hydrogen-bond donors (Lipinski definition) is 1. The fourth-order valence-electron chi connectivity index (χ4n) is 2.37. The van der Waals surface area contributed by atoms with Gasteiger partial charge in [0.15, 0.2) is 12.4 Å². The highest BCUT2D eigenvalue weighted by Crippen LogP contribution is 2.27. The van der Waals surface area contributed by atoms with E-state index in [-0.39, 0.29) is 12.5 Å². The maximum Gasteiger partial charge on any atom is 0.262 e. The minimum absolute atomic E-state index is 0.185.